The number of halogens is 3. The number of thiophene rings is 1. The highest BCUT2D eigenvalue weighted by molar-refractivity contribution is 7.22. The maximum atomic E-state index is 13.8. The lowest BCUT2D eigenvalue weighted by atomic mass is 10.1. The maximum absolute atomic E-state index is 13.8. The lowest BCUT2D eigenvalue weighted by Crippen LogP contribution is -2.36. The van der Waals surface area contributed by atoms with Crippen molar-refractivity contribution in [2.24, 2.45) is 0 Å². The van der Waals surface area contributed by atoms with E-state index in [9.17, 15) is 27.6 Å². The van der Waals surface area contributed by atoms with Crippen molar-refractivity contribution in [3.63, 3.8) is 0 Å². The molecule has 0 saturated heterocycles. The molecule has 0 saturated carbocycles. The third-order valence-corrected chi connectivity index (χ3v) is 7.99. The first-order valence-electron chi connectivity index (χ1n) is 13.3. The van der Waals surface area contributed by atoms with Gasteiger partial charge in [0.25, 0.3) is 11.5 Å². The molecule has 1 amide bonds. The van der Waals surface area contributed by atoms with Crippen molar-refractivity contribution in [1.82, 2.24) is 14.4 Å². The zero-order valence-corrected chi connectivity index (χ0v) is 24.9. The van der Waals surface area contributed by atoms with Crippen LogP contribution in [0, 0.1) is 0 Å². The van der Waals surface area contributed by atoms with E-state index in [1.807, 2.05) is 30.3 Å². The van der Waals surface area contributed by atoms with E-state index in [2.05, 4.69) is 18.7 Å². The van der Waals surface area contributed by atoms with E-state index < -0.39 is 12.1 Å². The fraction of sp³-hybridized carbons (Fsp3) is 0.333. The second-order valence-electron chi connectivity index (χ2n) is 9.42. The molecule has 2 aromatic carbocycles. The van der Waals surface area contributed by atoms with Crippen LogP contribution in [0.1, 0.15) is 33.9 Å². The SMILES string of the molecule is CCN(CC)CCN(C)C(=O)c1sc2c(c1OC)c(=O)n(CC(=O)c1ccccc1)c1ccccc21.O=C(O)C(F)(F)F. The fourth-order valence-electron chi connectivity index (χ4n) is 4.40. The summed E-state index contributed by atoms with van der Waals surface area (Å²) < 4.78 is 39.6. The second-order valence-corrected chi connectivity index (χ2v) is 10.4. The standard InChI is InChI=1S/C28H31N3O4S.C2HF3O2/c1-5-30(6-2)17-16-29(3)28(34)26-24(35-4)23-25(36-26)20-14-10-11-15-21(20)31(27(23)33)18-22(32)19-12-8-7-9-13-19;3-2(4,5)1(6)7/h7-15H,5-6,16-18H2,1-4H3;(H,6,7). The lowest BCUT2D eigenvalue weighted by molar-refractivity contribution is -0.192. The van der Waals surface area contributed by atoms with Gasteiger partial charge < -0.3 is 19.6 Å². The van der Waals surface area contributed by atoms with Crippen LogP contribution in [0.2, 0.25) is 0 Å². The quantitative estimate of drug-likeness (QED) is 0.245. The van der Waals surface area contributed by atoms with E-state index in [0.717, 1.165) is 25.0 Å². The number of carbonyl (C=O) groups excluding carboxylic acids is 2. The molecule has 1 N–H and O–H groups in total. The average molecular weight is 620 g/mol. The first kappa shape index (κ1) is 33.3. The Morgan fingerprint density at radius 3 is 2.12 bits per heavy atom. The number of aliphatic carboxylic acids is 1. The lowest BCUT2D eigenvalue weighted by Gasteiger charge is -2.23. The van der Waals surface area contributed by atoms with Crippen LogP contribution in [0.25, 0.3) is 21.0 Å². The van der Waals surface area contributed by atoms with Gasteiger partial charge in [-0.15, -0.1) is 11.3 Å². The predicted octanol–water partition coefficient (Wildman–Crippen LogP) is 5.15. The molecule has 0 aliphatic rings. The molecule has 4 aromatic rings. The molecule has 4 rings (SSSR count). The molecular formula is C30H32F3N3O6S. The van der Waals surface area contributed by atoms with Crippen LogP contribution in [-0.2, 0) is 11.3 Å². The summed E-state index contributed by atoms with van der Waals surface area (Å²) in [6.45, 7) is 7.24. The summed E-state index contributed by atoms with van der Waals surface area (Å²) in [4.78, 5) is 53.5. The molecule has 0 fully saturated rings. The van der Waals surface area contributed by atoms with Gasteiger partial charge >= 0.3 is 12.1 Å². The van der Waals surface area contributed by atoms with Gasteiger partial charge in [-0.2, -0.15) is 13.2 Å². The van der Waals surface area contributed by atoms with Gasteiger partial charge in [0, 0.05) is 31.1 Å². The molecule has 0 bridgehead atoms. The number of Topliss-reactive ketones (excluding diaryl/α,β-unsaturated/α-hetero) is 1. The molecule has 0 unspecified atom stereocenters. The number of carboxylic acids is 1. The minimum Gasteiger partial charge on any atom is -0.494 e. The molecule has 43 heavy (non-hydrogen) atoms. The Bertz CT molecular complexity index is 1660. The molecule has 0 atom stereocenters. The van der Waals surface area contributed by atoms with Crippen LogP contribution in [0.3, 0.4) is 0 Å². The van der Waals surface area contributed by atoms with E-state index >= 15 is 0 Å². The van der Waals surface area contributed by atoms with Crippen molar-refractivity contribution in [2.45, 2.75) is 26.6 Å². The number of para-hydroxylation sites is 1. The number of hydrogen-bond acceptors (Lipinski definition) is 7. The normalized spacial score (nSPS) is 11.3. The zero-order valence-electron chi connectivity index (χ0n) is 24.1. The Balaban J connectivity index is 0.000000646. The van der Waals surface area contributed by atoms with Gasteiger partial charge in [0.1, 0.15) is 10.3 Å². The number of rotatable bonds is 10. The van der Waals surface area contributed by atoms with Gasteiger partial charge in [-0.3, -0.25) is 19.0 Å². The molecule has 13 heteroatoms. The van der Waals surface area contributed by atoms with Crippen molar-refractivity contribution >= 4 is 50.0 Å². The van der Waals surface area contributed by atoms with Crippen LogP contribution in [0.15, 0.2) is 59.4 Å². The number of alkyl halides is 3. The minimum atomic E-state index is -5.08. The highest BCUT2D eigenvalue weighted by Gasteiger charge is 2.38. The number of ether oxygens (including phenoxy) is 1. The maximum Gasteiger partial charge on any atom is 0.490 e. The summed E-state index contributed by atoms with van der Waals surface area (Å²) in [5.74, 6) is -2.83. The second kappa shape index (κ2) is 14.3. The van der Waals surface area contributed by atoms with Crippen molar-refractivity contribution < 1.29 is 37.4 Å². The topological polar surface area (TPSA) is 109 Å². The zero-order chi connectivity index (χ0) is 31.9. The molecule has 0 radical (unpaired) electrons. The molecule has 2 heterocycles. The van der Waals surface area contributed by atoms with Crippen molar-refractivity contribution in [2.75, 3.05) is 40.3 Å². The van der Waals surface area contributed by atoms with E-state index in [1.54, 1.807) is 36.2 Å². The van der Waals surface area contributed by atoms with Gasteiger partial charge in [-0.1, -0.05) is 62.4 Å². The van der Waals surface area contributed by atoms with Gasteiger partial charge in [-0.25, -0.2) is 4.79 Å². The number of pyridine rings is 1. The number of ketones is 1. The Morgan fingerprint density at radius 1 is 0.977 bits per heavy atom. The Morgan fingerprint density at radius 2 is 1.56 bits per heavy atom. The molecule has 0 spiro atoms. The summed E-state index contributed by atoms with van der Waals surface area (Å²) in [5.41, 5.74) is 0.847. The van der Waals surface area contributed by atoms with Gasteiger partial charge in [0.05, 0.1) is 23.9 Å². The fourth-order valence-corrected chi connectivity index (χ4v) is 5.69. The summed E-state index contributed by atoms with van der Waals surface area (Å²) in [5, 5.41) is 8.27. The van der Waals surface area contributed by atoms with Crippen molar-refractivity contribution in [3.8, 4) is 5.75 Å². The first-order chi connectivity index (χ1) is 20.3. The number of nitrogens with zero attached hydrogens (tertiary/aromatic N) is 3. The summed E-state index contributed by atoms with van der Waals surface area (Å²) in [6.07, 6.45) is -5.08. The molecule has 230 valence electrons. The number of carboxylic acid groups (broad SMARTS) is 1. The van der Waals surface area contributed by atoms with Crippen LogP contribution >= 0.6 is 11.3 Å². The van der Waals surface area contributed by atoms with E-state index in [1.165, 1.54) is 23.0 Å². The molecule has 0 aliphatic carbocycles. The largest absolute Gasteiger partial charge is 0.494 e. The Hall–Kier alpha value is -4.23. The van der Waals surface area contributed by atoms with E-state index in [4.69, 9.17) is 14.6 Å². The smallest absolute Gasteiger partial charge is 0.490 e. The molecule has 9 nitrogen and oxygen atoms in total. The number of fused-ring (bicyclic) bond motifs is 3. The molecule has 2 aromatic heterocycles. The first-order valence-corrected chi connectivity index (χ1v) is 14.1. The van der Waals surface area contributed by atoms with Crippen LogP contribution in [0.5, 0.6) is 5.75 Å². The van der Waals surface area contributed by atoms with Crippen molar-refractivity contribution in [1.29, 1.82) is 0 Å². The van der Waals surface area contributed by atoms with Crippen LogP contribution in [0.4, 0.5) is 13.2 Å². The third-order valence-electron chi connectivity index (χ3n) is 6.79. The molecular weight excluding hydrogens is 587 g/mol. The Kier molecular flexibility index (Phi) is 11.1. The number of amides is 1. The van der Waals surface area contributed by atoms with Gasteiger partial charge in [0.15, 0.2) is 11.5 Å². The number of aromatic nitrogens is 1. The van der Waals surface area contributed by atoms with Gasteiger partial charge in [-0.05, 0) is 19.2 Å². The third kappa shape index (κ3) is 7.59. The highest BCUT2D eigenvalue weighted by Crippen LogP contribution is 2.40. The summed E-state index contributed by atoms with van der Waals surface area (Å²) >= 11 is 1.27. The monoisotopic (exact) mass is 619 g/mol. The number of methoxy groups -OCH3 is 1. The van der Waals surface area contributed by atoms with Crippen molar-refractivity contribution in [3.05, 3.63) is 75.4 Å². The van der Waals surface area contributed by atoms with E-state index in [0.29, 0.717) is 32.6 Å². The van der Waals surface area contributed by atoms with E-state index in [-0.39, 0.29) is 29.5 Å². The molecule has 0 aliphatic heterocycles. The van der Waals surface area contributed by atoms with Gasteiger partial charge in [0.2, 0.25) is 0 Å². The minimum absolute atomic E-state index is 0.106. The summed E-state index contributed by atoms with van der Waals surface area (Å²) in [6, 6.07) is 16.4. The average Bonchev–Trinajstić information content (AvgIpc) is 3.39. The number of likely N-dealkylation sites (N-methyl/N-ethyl adjacent to an activating group) is 2. The van der Waals surface area contributed by atoms with Crippen LogP contribution in [-0.4, -0.2) is 83.6 Å². The predicted molar refractivity (Wildman–Crippen MR) is 159 cm³/mol. The summed E-state index contributed by atoms with van der Waals surface area (Å²) in [7, 11) is 3.24. The highest BCUT2D eigenvalue weighted by atomic mass is 32.1. The number of hydrogen-bond donors (Lipinski definition) is 1. The number of benzene rings is 2. The Labute approximate surface area is 249 Å². The number of carbonyl (C=O) groups is 3. The van der Waals surface area contributed by atoms with Crippen LogP contribution < -0.4 is 10.3 Å².